The summed E-state index contributed by atoms with van der Waals surface area (Å²) in [4.78, 5) is 24.0. The van der Waals surface area contributed by atoms with Crippen molar-refractivity contribution in [1.29, 1.82) is 5.26 Å². The maximum absolute atomic E-state index is 12.5. The minimum Gasteiger partial charge on any atom is -0.466 e. The number of ether oxygens (including phenoxy) is 1. The van der Waals surface area contributed by atoms with E-state index in [0.29, 0.717) is 23.4 Å². The van der Waals surface area contributed by atoms with E-state index in [4.69, 9.17) is 10.00 Å². The Morgan fingerprint density at radius 2 is 1.86 bits per heavy atom. The largest absolute Gasteiger partial charge is 0.466 e. The van der Waals surface area contributed by atoms with Crippen LogP contribution in [0.1, 0.15) is 34.2 Å². The molecule has 5 nitrogen and oxygen atoms in total. The zero-order valence-electron chi connectivity index (χ0n) is 12.5. The number of nitrogens with zero attached hydrogens (tertiary/aromatic N) is 2. The van der Waals surface area contributed by atoms with Gasteiger partial charge in [0, 0.05) is 18.3 Å². The highest BCUT2D eigenvalue weighted by Crippen LogP contribution is 2.14. The van der Waals surface area contributed by atoms with Gasteiger partial charge in [-0.2, -0.15) is 5.26 Å². The number of nitriles is 1. The van der Waals surface area contributed by atoms with Crippen LogP contribution in [0.25, 0.3) is 0 Å². The zero-order valence-corrected chi connectivity index (χ0v) is 12.5. The lowest BCUT2D eigenvalue weighted by atomic mass is 10.1. The molecule has 0 spiro atoms. The highest BCUT2D eigenvalue weighted by Gasteiger charge is 2.16. The standard InChI is InChI=1S/C17H16N2O3/c1-3-22-16(20)10-14-8-9-15(19(14)2)17(21)13-6-4-12(11-18)5-7-13/h4-9H,3,10H2,1-2H3. The summed E-state index contributed by atoms with van der Waals surface area (Å²) in [6.07, 6.45) is 0.130. The van der Waals surface area contributed by atoms with Crippen LogP contribution < -0.4 is 0 Å². The Hall–Kier alpha value is -2.87. The molecule has 0 atom stereocenters. The molecule has 0 bridgehead atoms. The van der Waals surface area contributed by atoms with Crippen LogP contribution in [0, 0.1) is 11.3 Å². The van der Waals surface area contributed by atoms with Crippen molar-refractivity contribution in [2.75, 3.05) is 6.61 Å². The Morgan fingerprint density at radius 1 is 1.18 bits per heavy atom. The third-order valence-electron chi connectivity index (χ3n) is 3.37. The fourth-order valence-electron chi connectivity index (χ4n) is 2.16. The number of aromatic nitrogens is 1. The number of carbonyl (C=O) groups is 2. The Kier molecular flexibility index (Phi) is 4.74. The molecular weight excluding hydrogens is 280 g/mol. The van der Waals surface area contributed by atoms with Crippen LogP contribution in [-0.4, -0.2) is 22.9 Å². The first-order valence-corrected chi connectivity index (χ1v) is 6.92. The van der Waals surface area contributed by atoms with Gasteiger partial charge < -0.3 is 9.30 Å². The van der Waals surface area contributed by atoms with Gasteiger partial charge in [-0.1, -0.05) is 0 Å². The topological polar surface area (TPSA) is 72.1 Å². The average molecular weight is 296 g/mol. The van der Waals surface area contributed by atoms with Crippen molar-refractivity contribution in [1.82, 2.24) is 4.57 Å². The maximum Gasteiger partial charge on any atom is 0.311 e. The first kappa shape index (κ1) is 15.5. The molecule has 0 radical (unpaired) electrons. The molecule has 0 aliphatic carbocycles. The number of ketones is 1. The van der Waals surface area contributed by atoms with Gasteiger partial charge in [0.2, 0.25) is 5.78 Å². The molecule has 0 amide bonds. The summed E-state index contributed by atoms with van der Waals surface area (Å²) in [6, 6.07) is 11.9. The number of esters is 1. The average Bonchev–Trinajstić information content (AvgIpc) is 2.88. The highest BCUT2D eigenvalue weighted by atomic mass is 16.5. The predicted octanol–water partition coefficient (Wildman–Crippen LogP) is 2.23. The Labute approximate surface area is 128 Å². The van der Waals surface area contributed by atoms with Crippen LogP contribution in [-0.2, 0) is 23.0 Å². The lowest BCUT2D eigenvalue weighted by Gasteiger charge is -2.07. The SMILES string of the molecule is CCOC(=O)Cc1ccc(C(=O)c2ccc(C#N)cc2)n1C. The molecule has 5 heteroatoms. The molecule has 1 aromatic heterocycles. The first-order chi connectivity index (χ1) is 10.6. The van der Waals surface area contributed by atoms with E-state index in [9.17, 15) is 9.59 Å². The fraction of sp³-hybridized carbons (Fsp3) is 0.235. The van der Waals surface area contributed by atoms with Crippen LogP contribution in [0.4, 0.5) is 0 Å². The summed E-state index contributed by atoms with van der Waals surface area (Å²) < 4.78 is 6.60. The molecule has 0 N–H and O–H groups in total. The number of carbonyl (C=O) groups excluding carboxylic acids is 2. The van der Waals surface area contributed by atoms with E-state index in [1.54, 1.807) is 54.9 Å². The van der Waals surface area contributed by atoms with Gasteiger partial charge in [0.05, 0.1) is 30.4 Å². The summed E-state index contributed by atoms with van der Waals surface area (Å²) in [5, 5.41) is 8.78. The van der Waals surface area contributed by atoms with Crippen molar-refractivity contribution in [3.05, 3.63) is 58.9 Å². The van der Waals surface area contributed by atoms with E-state index in [1.807, 2.05) is 6.07 Å². The van der Waals surface area contributed by atoms with Gasteiger partial charge in [-0.05, 0) is 43.3 Å². The molecule has 0 aliphatic rings. The summed E-state index contributed by atoms with van der Waals surface area (Å²) in [5.41, 5.74) is 2.22. The van der Waals surface area contributed by atoms with Gasteiger partial charge in [-0.25, -0.2) is 0 Å². The molecule has 0 unspecified atom stereocenters. The van der Waals surface area contributed by atoms with Crippen LogP contribution in [0.5, 0.6) is 0 Å². The van der Waals surface area contributed by atoms with Crippen molar-refractivity contribution in [3.63, 3.8) is 0 Å². The smallest absolute Gasteiger partial charge is 0.311 e. The van der Waals surface area contributed by atoms with Crippen molar-refractivity contribution < 1.29 is 14.3 Å². The maximum atomic E-state index is 12.5. The second kappa shape index (κ2) is 6.72. The Morgan fingerprint density at radius 3 is 2.45 bits per heavy atom. The second-order valence-electron chi connectivity index (χ2n) is 4.77. The van der Waals surface area contributed by atoms with E-state index in [2.05, 4.69) is 0 Å². The molecule has 0 aliphatic heterocycles. The molecule has 1 aromatic carbocycles. The Balaban J connectivity index is 2.22. The van der Waals surface area contributed by atoms with Crippen LogP contribution in [0.2, 0.25) is 0 Å². The predicted molar refractivity (Wildman–Crippen MR) is 80.3 cm³/mol. The molecule has 2 aromatic rings. The minimum atomic E-state index is -0.318. The number of benzene rings is 1. The zero-order chi connectivity index (χ0) is 16.1. The van der Waals surface area contributed by atoms with Crippen LogP contribution >= 0.6 is 0 Å². The quantitative estimate of drug-likeness (QED) is 0.626. The minimum absolute atomic E-state index is 0.130. The van der Waals surface area contributed by atoms with E-state index < -0.39 is 0 Å². The van der Waals surface area contributed by atoms with Crippen molar-refractivity contribution >= 4 is 11.8 Å². The van der Waals surface area contributed by atoms with E-state index in [-0.39, 0.29) is 18.2 Å². The van der Waals surface area contributed by atoms with Gasteiger partial charge in [-0.3, -0.25) is 9.59 Å². The lowest BCUT2D eigenvalue weighted by molar-refractivity contribution is -0.142. The van der Waals surface area contributed by atoms with Crippen molar-refractivity contribution in [3.8, 4) is 6.07 Å². The summed E-state index contributed by atoms with van der Waals surface area (Å²) >= 11 is 0. The normalized spacial score (nSPS) is 10.0. The summed E-state index contributed by atoms with van der Waals surface area (Å²) in [5.74, 6) is -0.469. The van der Waals surface area contributed by atoms with E-state index in [0.717, 1.165) is 5.69 Å². The highest BCUT2D eigenvalue weighted by molar-refractivity contribution is 6.08. The summed E-state index contributed by atoms with van der Waals surface area (Å²) in [7, 11) is 1.74. The van der Waals surface area contributed by atoms with Crippen molar-refractivity contribution in [2.45, 2.75) is 13.3 Å². The van der Waals surface area contributed by atoms with Crippen LogP contribution in [0.15, 0.2) is 36.4 Å². The van der Waals surface area contributed by atoms with Gasteiger partial charge in [-0.15, -0.1) is 0 Å². The van der Waals surface area contributed by atoms with E-state index in [1.165, 1.54) is 0 Å². The second-order valence-corrected chi connectivity index (χ2v) is 4.77. The molecule has 0 saturated carbocycles. The first-order valence-electron chi connectivity index (χ1n) is 6.92. The molecular formula is C17H16N2O3. The van der Waals surface area contributed by atoms with Crippen molar-refractivity contribution in [2.24, 2.45) is 7.05 Å². The number of hydrogen-bond donors (Lipinski definition) is 0. The van der Waals surface area contributed by atoms with Gasteiger partial charge in [0.1, 0.15) is 0 Å². The Bertz CT molecular complexity index is 736. The van der Waals surface area contributed by atoms with Crippen LogP contribution in [0.3, 0.4) is 0 Å². The molecule has 0 saturated heterocycles. The van der Waals surface area contributed by atoms with Gasteiger partial charge in [0.15, 0.2) is 0 Å². The molecule has 0 fully saturated rings. The molecule has 22 heavy (non-hydrogen) atoms. The fourth-order valence-corrected chi connectivity index (χ4v) is 2.16. The molecule has 1 heterocycles. The number of hydrogen-bond acceptors (Lipinski definition) is 4. The summed E-state index contributed by atoms with van der Waals surface area (Å²) in [6.45, 7) is 2.09. The number of rotatable bonds is 5. The third kappa shape index (κ3) is 3.23. The lowest BCUT2D eigenvalue weighted by Crippen LogP contribution is -2.13. The van der Waals surface area contributed by atoms with Gasteiger partial charge in [0.25, 0.3) is 0 Å². The molecule has 2 rings (SSSR count). The third-order valence-corrected chi connectivity index (χ3v) is 3.37. The van der Waals surface area contributed by atoms with Gasteiger partial charge >= 0.3 is 5.97 Å². The molecule has 112 valence electrons. The van der Waals surface area contributed by atoms with E-state index >= 15 is 0 Å². The monoisotopic (exact) mass is 296 g/mol.